The molecule has 4 nitrogen and oxygen atoms in total. The van der Waals surface area contributed by atoms with Gasteiger partial charge in [0.25, 0.3) is 5.91 Å². The van der Waals surface area contributed by atoms with Crippen LogP contribution in [0.2, 0.25) is 10.0 Å². The Kier molecular flexibility index (Phi) is 4.64. The minimum absolute atomic E-state index is 0.0863. The summed E-state index contributed by atoms with van der Waals surface area (Å²) in [6, 6.07) is 5.39. The maximum atomic E-state index is 12.8. The molecule has 3 rings (SSSR count). The van der Waals surface area contributed by atoms with Gasteiger partial charge in [0.05, 0.1) is 32.7 Å². The van der Waals surface area contributed by atoms with Gasteiger partial charge in [0.15, 0.2) is 0 Å². The fourth-order valence-corrected chi connectivity index (χ4v) is 3.38. The summed E-state index contributed by atoms with van der Waals surface area (Å²) in [6.07, 6.45) is 2.87. The molecule has 1 aliphatic heterocycles. The van der Waals surface area contributed by atoms with Gasteiger partial charge in [-0.1, -0.05) is 30.1 Å². The van der Waals surface area contributed by atoms with Crippen molar-refractivity contribution in [2.75, 3.05) is 13.1 Å². The van der Waals surface area contributed by atoms with Gasteiger partial charge in [0.2, 0.25) is 0 Å². The smallest absolute Gasteiger partial charge is 0.257 e. The van der Waals surface area contributed by atoms with Crippen LogP contribution in [0.25, 0.3) is 5.69 Å². The second-order valence-electron chi connectivity index (χ2n) is 5.77. The summed E-state index contributed by atoms with van der Waals surface area (Å²) >= 11 is 12.1. The van der Waals surface area contributed by atoms with Crippen LogP contribution in [0, 0.1) is 6.92 Å². The van der Waals surface area contributed by atoms with Crippen LogP contribution in [0.5, 0.6) is 0 Å². The Morgan fingerprint density at radius 2 is 1.91 bits per heavy atom. The number of benzene rings is 1. The van der Waals surface area contributed by atoms with Gasteiger partial charge < -0.3 is 4.90 Å². The van der Waals surface area contributed by atoms with Gasteiger partial charge in [-0.15, -0.1) is 0 Å². The predicted molar refractivity (Wildman–Crippen MR) is 92.8 cm³/mol. The van der Waals surface area contributed by atoms with E-state index < -0.39 is 0 Å². The van der Waals surface area contributed by atoms with Crippen molar-refractivity contribution in [2.24, 2.45) is 0 Å². The molecule has 1 saturated heterocycles. The third-order valence-electron chi connectivity index (χ3n) is 4.25. The first-order valence-electron chi connectivity index (χ1n) is 7.86. The lowest BCUT2D eigenvalue weighted by atomic mass is 10.1. The summed E-state index contributed by atoms with van der Waals surface area (Å²) in [6.45, 7) is 5.58. The van der Waals surface area contributed by atoms with Gasteiger partial charge in [0, 0.05) is 13.1 Å². The highest BCUT2D eigenvalue weighted by molar-refractivity contribution is 6.42. The summed E-state index contributed by atoms with van der Waals surface area (Å²) in [5.41, 5.74) is 3.21. The van der Waals surface area contributed by atoms with Crippen molar-refractivity contribution in [3.8, 4) is 5.69 Å². The Labute approximate surface area is 146 Å². The van der Waals surface area contributed by atoms with Crippen molar-refractivity contribution in [2.45, 2.75) is 33.1 Å². The Morgan fingerprint density at radius 3 is 2.52 bits per heavy atom. The van der Waals surface area contributed by atoms with Crippen LogP contribution in [-0.2, 0) is 6.42 Å². The number of nitrogens with zero attached hydrogens (tertiary/aromatic N) is 3. The fourth-order valence-electron chi connectivity index (χ4n) is 3.09. The largest absolute Gasteiger partial charge is 0.339 e. The van der Waals surface area contributed by atoms with Crippen LogP contribution in [0.15, 0.2) is 18.2 Å². The number of likely N-dealkylation sites (tertiary alicyclic amines) is 1. The van der Waals surface area contributed by atoms with Crippen LogP contribution in [0.3, 0.4) is 0 Å². The molecule has 0 aliphatic carbocycles. The maximum Gasteiger partial charge on any atom is 0.257 e. The van der Waals surface area contributed by atoms with Crippen molar-refractivity contribution in [3.63, 3.8) is 0 Å². The molecular formula is C17H19Cl2N3O. The highest BCUT2D eigenvalue weighted by Crippen LogP contribution is 2.27. The summed E-state index contributed by atoms with van der Waals surface area (Å²) < 4.78 is 1.81. The molecule has 2 aromatic rings. The number of hydrogen-bond donors (Lipinski definition) is 0. The second-order valence-corrected chi connectivity index (χ2v) is 6.58. The molecule has 1 amide bonds. The monoisotopic (exact) mass is 351 g/mol. The van der Waals surface area contributed by atoms with Crippen molar-refractivity contribution in [3.05, 3.63) is 45.2 Å². The van der Waals surface area contributed by atoms with Gasteiger partial charge in [-0.3, -0.25) is 4.79 Å². The van der Waals surface area contributed by atoms with Gasteiger partial charge >= 0.3 is 0 Å². The molecule has 0 bridgehead atoms. The molecule has 0 saturated carbocycles. The number of aromatic nitrogens is 2. The molecule has 0 spiro atoms. The third-order valence-corrected chi connectivity index (χ3v) is 4.98. The van der Waals surface area contributed by atoms with Crippen LogP contribution < -0.4 is 0 Å². The third kappa shape index (κ3) is 2.98. The van der Waals surface area contributed by atoms with E-state index in [-0.39, 0.29) is 5.91 Å². The Balaban J connectivity index is 2.07. The number of hydrogen-bond acceptors (Lipinski definition) is 2. The van der Waals surface area contributed by atoms with Crippen molar-refractivity contribution >= 4 is 29.1 Å². The van der Waals surface area contributed by atoms with Crippen molar-refractivity contribution in [1.82, 2.24) is 14.7 Å². The number of amides is 1. The van der Waals surface area contributed by atoms with E-state index in [4.69, 9.17) is 23.2 Å². The lowest BCUT2D eigenvalue weighted by molar-refractivity contribution is 0.0791. The average Bonchev–Trinajstić information content (AvgIpc) is 3.17. The van der Waals surface area contributed by atoms with Crippen LogP contribution in [0.4, 0.5) is 0 Å². The topological polar surface area (TPSA) is 38.1 Å². The van der Waals surface area contributed by atoms with E-state index in [1.807, 2.05) is 24.8 Å². The first kappa shape index (κ1) is 16.3. The zero-order valence-corrected chi connectivity index (χ0v) is 14.8. The van der Waals surface area contributed by atoms with Gasteiger partial charge in [-0.05, 0) is 44.4 Å². The number of halogens is 2. The normalized spacial score (nSPS) is 14.5. The minimum Gasteiger partial charge on any atom is -0.339 e. The van der Waals surface area contributed by atoms with Crippen LogP contribution >= 0.6 is 23.2 Å². The van der Waals surface area contributed by atoms with E-state index >= 15 is 0 Å². The summed E-state index contributed by atoms with van der Waals surface area (Å²) in [4.78, 5) is 14.8. The van der Waals surface area contributed by atoms with Crippen molar-refractivity contribution < 1.29 is 4.79 Å². The van der Waals surface area contributed by atoms with Crippen LogP contribution in [0.1, 0.15) is 41.5 Å². The van der Waals surface area contributed by atoms with Gasteiger partial charge in [-0.2, -0.15) is 5.10 Å². The summed E-state index contributed by atoms with van der Waals surface area (Å²) in [5, 5.41) is 5.57. The van der Waals surface area contributed by atoms with Gasteiger partial charge in [0.1, 0.15) is 0 Å². The lowest BCUT2D eigenvalue weighted by Crippen LogP contribution is -2.28. The molecule has 1 aromatic heterocycles. The summed E-state index contributed by atoms with van der Waals surface area (Å²) in [7, 11) is 0. The van der Waals surface area contributed by atoms with Crippen molar-refractivity contribution in [1.29, 1.82) is 0 Å². The SMILES string of the molecule is CCc1c(C(=O)N2CCCC2)c(C)nn1-c1ccc(Cl)c(Cl)c1. The Hall–Kier alpha value is -1.52. The standard InChI is InChI=1S/C17H19Cl2N3O/c1-3-15-16(17(23)21-8-4-5-9-21)11(2)20-22(15)12-6-7-13(18)14(19)10-12/h6-7,10H,3-5,8-9H2,1-2H3. The average molecular weight is 352 g/mol. The highest BCUT2D eigenvalue weighted by Gasteiger charge is 2.27. The molecule has 0 N–H and O–H groups in total. The number of rotatable bonds is 3. The van der Waals surface area contributed by atoms with E-state index in [9.17, 15) is 4.79 Å². The number of carbonyl (C=O) groups excluding carboxylic acids is 1. The van der Waals surface area contributed by atoms with Gasteiger partial charge in [-0.25, -0.2) is 4.68 Å². The molecule has 1 fully saturated rings. The molecule has 0 atom stereocenters. The second kappa shape index (κ2) is 6.54. The first-order chi connectivity index (χ1) is 11.0. The lowest BCUT2D eigenvalue weighted by Gasteiger charge is -2.16. The fraction of sp³-hybridized carbons (Fsp3) is 0.412. The van der Waals surface area contributed by atoms with E-state index in [0.29, 0.717) is 10.0 Å². The van der Waals surface area contributed by atoms with E-state index in [1.165, 1.54) is 0 Å². The summed E-state index contributed by atoms with van der Waals surface area (Å²) in [5.74, 6) is 0.0863. The molecule has 23 heavy (non-hydrogen) atoms. The minimum atomic E-state index is 0.0863. The molecule has 0 unspecified atom stereocenters. The molecule has 0 radical (unpaired) electrons. The first-order valence-corrected chi connectivity index (χ1v) is 8.61. The van der Waals surface area contributed by atoms with E-state index in [2.05, 4.69) is 5.10 Å². The molecule has 122 valence electrons. The molecule has 1 aliphatic rings. The molecule has 6 heteroatoms. The van der Waals surface area contributed by atoms with E-state index in [0.717, 1.165) is 55.0 Å². The zero-order chi connectivity index (χ0) is 16.6. The molecule has 2 heterocycles. The van der Waals surface area contributed by atoms with Crippen LogP contribution in [-0.4, -0.2) is 33.7 Å². The quantitative estimate of drug-likeness (QED) is 0.827. The molecular weight excluding hydrogens is 333 g/mol. The molecule has 1 aromatic carbocycles. The highest BCUT2D eigenvalue weighted by atomic mass is 35.5. The predicted octanol–water partition coefficient (Wildman–Crippen LogP) is 4.29. The Bertz CT molecular complexity index is 749. The number of aryl methyl sites for hydroxylation is 1. The van der Waals surface area contributed by atoms with E-state index in [1.54, 1.807) is 16.8 Å². The maximum absolute atomic E-state index is 12.8. The zero-order valence-electron chi connectivity index (χ0n) is 13.3. The Morgan fingerprint density at radius 1 is 1.22 bits per heavy atom. The number of carbonyl (C=O) groups is 1.